The summed E-state index contributed by atoms with van der Waals surface area (Å²) >= 11 is 0. The molecule has 1 N–H and O–H groups in total. The van der Waals surface area contributed by atoms with Crippen molar-refractivity contribution < 1.29 is 26.3 Å². The monoisotopic (exact) mass is 378 g/mol. The predicted octanol–water partition coefficient (Wildman–Crippen LogP) is -0.291. The molecule has 1 aliphatic heterocycles. The molecule has 1 aromatic carbocycles. The summed E-state index contributed by atoms with van der Waals surface area (Å²) in [6, 6.07) is 3.78. The predicted molar refractivity (Wildman–Crippen MR) is 88.6 cm³/mol. The Labute approximate surface area is 142 Å². The van der Waals surface area contributed by atoms with E-state index in [1.54, 1.807) is 0 Å². The molecular weight excluding hydrogens is 356 g/mol. The number of benzene rings is 1. The molecule has 0 saturated carbocycles. The maximum atomic E-state index is 12.5. The summed E-state index contributed by atoms with van der Waals surface area (Å²) in [7, 11) is -6.07. The molecule has 136 valence electrons. The van der Waals surface area contributed by atoms with Crippen LogP contribution in [0.25, 0.3) is 0 Å². The van der Waals surface area contributed by atoms with E-state index in [-0.39, 0.29) is 22.1 Å². The maximum Gasteiger partial charge on any atom is 0.244 e. The zero-order chi connectivity index (χ0) is 17.8. The number of sulfone groups is 1. The largest absolute Gasteiger partial charge is 0.495 e. The van der Waals surface area contributed by atoms with Crippen LogP contribution in [0, 0.1) is 0 Å². The van der Waals surface area contributed by atoms with Crippen LogP contribution in [-0.2, 0) is 24.6 Å². The van der Waals surface area contributed by atoms with E-state index in [1.165, 1.54) is 19.2 Å². The van der Waals surface area contributed by atoms with Crippen LogP contribution in [0.2, 0.25) is 0 Å². The Morgan fingerprint density at radius 2 is 1.88 bits per heavy atom. The fraction of sp³-hybridized carbons (Fsp3) is 0.571. The van der Waals surface area contributed by atoms with E-state index in [9.17, 15) is 16.8 Å². The SMILES string of the molecule is COc1ccc(S(C)(=O)=O)cc1S(=O)(=O)NCCN1CCOCC1. The van der Waals surface area contributed by atoms with Gasteiger partial charge >= 0.3 is 0 Å². The molecule has 0 bridgehead atoms. The number of hydrogen-bond donors (Lipinski definition) is 1. The van der Waals surface area contributed by atoms with Crippen LogP contribution < -0.4 is 9.46 Å². The van der Waals surface area contributed by atoms with Crippen molar-refractivity contribution in [3.8, 4) is 5.75 Å². The standard InChI is InChI=1S/C14H22N2O6S2/c1-21-13-4-3-12(23(2,17)18)11-14(13)24(19,20)15-5-6-16-7-9-22-10-8-16/h3-4,11,15H,5-10H2,1-2H3. The molecule has 0 spiro atoms. The van der Waals surface area contributed by atoms with Crippen LogP contribution in [-0.4, -0.2) is 74.5 Å². The number of sulfonamides is 1. The zero-order valence-corrected chi connectivity index (χ0v) is 15.3. The summed E-state index contributed by atoms with van der Waals surface area (Å²) in [6.45, 7) is 3.56. The molecule has 8 nitrogen and oxygen atoms in total. The summed E-state index contributed by atoms with van der Waals surface area (Å²) in [5, 5.41) is 0. The van der Waals surface area contributed by atoms with E-state index in [0.717, 1.165) is 25.4 Å². The molecular formula is C14H22N2O6S2. The molecule has 1 fully saturated rings. The summed E-state index contributed by atoms with van der Waals surface area (Å²) in [6.07, 6.45) is 1.02. The van der Waals surface area contributed by atoms with Crippen molar-refractivity contribution in [3.63, 3.8) is 0 Å². The van der Waals surface area contributed by atoms with Crippen LogP contribution in [0.5, 0.6) is 5.75 Å². The molecule has 10 heteroatoms. The van der Waals surface area contributed by atoms with Gasteiger partial charge in [-0.05, 0) is 18.2 Å². The molecule has 24 heavy (non-hydrogen) atoms. The van der Waals surface area contributed by atoms with Crippen molar-refractivity contribution >= 4 is 19.9 Å². The van der Waals surface area contributed by atoms with Crippen LogP contribution in [0.15, 0.2) is 28.0 Å². The lowest BCUT2D eigenvalue weighted by Gasteiger charge is -2.26. The minimum absolute atomic E-state index is 0.0724. The second-order valence-electron chi connectivity index (χ2n) is 5.44. The van der Waals surface area contributed by atoms with Crippen LogP contribution in [0.1, 0.15) is 0 Å². The molecule has 0 amide bonds. The lowest BCUT2D eigenvalue weighted by atomic mass is 10.3. The second kappa shape index (κ2) is 7.79. The van der Waals surface area contributed by atoms with Crippen molar-refractivity contribution in [1.29, 1.82) is 0 Å². The van der Waals surface area contributed by atoms with E-state index < -0.39 is 19.9 Å². The second-order valence-corrected chi connectivity index (χ2v) is 9.19. The highest BCUT2D eigenvalue weighted by atomic mass is 32.2. The van der Waals surface area contributed by atoms with Gasteiger partial charge in [-0.2, -0.15) is 0 Å². The number of rotatable bonds is 7. The van der Waals surface area contributed by atoms with Crippen LogP contribution in [0.4, 0.5) is 0 Å². The lowest BCUT2D eigenvalue weighted by molar-refractivity contribution is 0.0390. The summed E-state index contributed by atoms with van der Waals surface area (Å²) in [5.74, 6) is 0.0984. The van der Waals surface area contributed by atoms with Crippen LogP contribution in [0.3, 0.4) is 0 Å². The van der Waals surface area contributed by atoms with Crippen molar-refractivity contribution in [2.45, 2.75) is 9.79 Å². The Morgan fingerprint density at radius 1 is 1.21 bits per heavy atom. The minimum Gasteiger partial charge on any atom is -0.495 e. The van der Waals surface area contributed by atoms with E-state index in [0.29, 0.717) is 19.8 Å². The van der Waals surface area contributed by atoms with Crippen molar-refractivity contribution in [2.75, 3.05) is 52.8 Å². The van der Waals surface area contributed by atoms with Crippen molar-refractivity contribution in [3.05, 3.63) is 18.2 Å². The smallest absolute Gasteiger partial charge is 0.244 e. The quantitative estimate of drug-likeness (QED) is 0.695. The van der Waals surface area contributed by atoms with Crippen molar-refractivity contribution in [2.24, 2.45) is 0 Å². The average Bonchev–Trinajstić information content (AvgIpc) is 2.54. The number of nitrogens with one attached hydrogen (secondary N) is 1. The molecule has 1 aliphatic rings. The molecule has 2 rings (SSSR count). The number of methoxy groups -OCH3 is 1. The number of morpholine rings is 1. The fourth-order valence-corrected chi connectivity index (χ4v) is 4.27. The van der Waals surface area contributed by atoms with Gasteiger partial charge in [-0.25, -0.2) is 21.6 Å². The fourth-order valence-electron chi connectivity index (χ4n) is 2.34. The summed E-state index contributed by atoms with van der Waals surface area (Å²) in [4.78, 5) is 1.84. The highest BCUT2D eigenvalue weighted by Crippen LogP contribution is 2.26. The third-order valence-corrected chi connectivity index (χ3v) is 6.27. The third kappa shape index (κ3) is 4.90. The lowest BCUT2D eigenvalue weighted by Crippen LogP contribution is -2.41. The molecule has 0 aromatic heterocycles. The molecule has 1 saturated heterocycles. The molecule has 0 radical (unpaired) electrons. The topological polar surface area (TPSA) is 102 Å². The molecule has 0 unspecified atom stereocenters. The van der Waals surface area contributed by atoms with Crippen molar-refractivity contribution in [1.82, 2.24) is 9.62 Å². The first-order valence-electron chi connectivity index (χ1n) is 7.42. The number of nitrogens with zero attached hydrogens (tertiary/aromatic N) is 1. The Bertz CT molecular complexity index is 770. The molecule has 0 aliphatic carbocycles. The van der Waals surface area contributed by atoms with E-state index >= 15 is 0 Å². The highest BCUT2D eigenvalue weighted by molar-refractivity contribution is 7.91. The Kier molecular flexibility index (Phi) is 6.21. The van der Waals surface area contributed by atoms with Gasteiger partial charge in [-0.1, -0.05) is 0 Å². The van der Waals surface area contributed by atoms with Crippen LogP contribution >= 0.6 is 0 Å². The van der Waals surface area contributed by atoms with E-state index in [1.807, 2.05) is 0 Å². The zero-order valence-electron chi connectivity index (χ0n) is 13.7. The Morgan fingerprint density at radius 3 is 2.46 bits per heavy atom. The van der Waals surface area contributed by atoms with E-state index in [2.05, 4.69) is 9.62 Å². The van der Waals surface area contributed by atoms with Gasteiger partial charge in [-0.3, -0.25) is 4.90 Å². The van der Waals surface area contributed by atoms with Gasteiger partial charge in [0.15, 0.2) is 9.84 Å². The van der Waals surface area contributed by atoms with Gasteiger partial charge in [0.1, 0.15) is 10.6 Å². The van der Waals surface area contributed by atoms with Gasteiger partial charge in [-0.15, -0.1) is 0 Å². The Hall–Kier alpha value is -1.20. The van der Waals surface area contributed by atoms with Gasteiger partial charge in [0, 0.05) is 32.4 Å². The molecule has 0 atom stereocenters. The summed E-state index contributed by atoms with van der Waals surface area (Å²) in [5.41, 5.74) is 0. The Balaban J connectivity index is 2.14. The maximum absolute atomic E-state index is 12.5. The number of ether oxygens (including phenoxy) is 2. The first kappa shape index (κ1) is 19.1. The average molecular weight is 378 g/mol. The summed E-state index contributed by atoms with van der Waals surface area (Å²) < 4.78 is 61.1. The number of hydrogen-bond acceptors (Lipinski definition) is 7. The molecule has 1 heterocycles. The van der Waals surface area contributed by atoms with Gasteiger partial charge in [0.2, 0.25) is 10.0 Å². The first-order valence-corrected chi connectivity index (χ1v) is 10.8. The highest BCUT2D eigenvalue weighted by Gasteiger charge is 2.22. The van der Waals surface area contributed by atoms with Gasteiger partial charge < -0.3 is 9.47 Å². The van der Waals surface area contributed by atoms with Gasteiger partial charge in [0.25, 0.3) is 0 Å². The first-order chi connectivity index (χ1) is 11.2. The van der Waals surface area contributed by atoms with Gasteiger partial charge in [0.05, 0.1) is 25.2 Å². The van der Waals surface area contributed by atoms with E-state index in [4.69, 9.17) is 9.47 Å². The third-order valence-electron chi connectivity index (χ3n) is 3.68. The minimum atomic E-state index is -3.88. The molecule has 1 aromatic rings. The normalized spacial score (nSPS) is 16.9.